The van der Waals surface area contributed by atoms with Gasteiger partial charge in [-0.3, -0.25) is 19.5 Å². The summed E-state index contributed by atoms with van der Waals surface area (Å²) in [4.78, 5) is 23.7. The summed E-state index contributed by atoms with van der Waals surface area (Å²) in [6.45, 7) is 0. The van der Waals surface area contributed by atoms with Gasteiger partial charge in [-0.25, -0.2) is 0 Å². The summed E-state index contributed by atoms with van der Waals surface area (Å²) in [5, 5.41) is 10.3. The summed E-state index contributed by atoms with van der Waals surface area (Å²) in [6.07, 6.45) is 0. The van der Waals surface area contributed by atoms with Crippen LogP contribution in [0.2, 0.25) is 0 Å². The van der Waals surface area contributed by atoms with Crippen molar-refractivity contribution in [3.8, 4) is 0 Å². The van der Waals surface area contributed by atoms with Gasteiger partial charge in [0.05, 0.1) is 11.3 Å². The predicted octanol–water partition coefficient (Wildman–Crippen LogP) is 1.21. The molecule has 0 saturated heterocycles. The van der Waals surface area contributed by atoms with Gasteiger partial charge in [-0.2, -0.15) is 0 Å². The highest BCUT2D eigenvalue weighted by Crippen LogP contribution is 2.17. The van der Waals surface area contributed by atoms with Crippen molar-refractivity contribution >= 4 is 45.5 Å². The molecule has 3 N–H and O–H groups in total. The number of nitrogens with one attached hydrogen (secondary N) is 1. The minimum absolute atomic E-state index is 0.0438. The van der Waals surface area contributed by atoms with Crippen molar-refractivity contribution in [1.29, 1.82) is 0 Å². The largest absolute Gasteiger partial charge is 0.368 e. The highest BCUT2D eigenvalue weighted by molar-refractivity contribution is 9.10. The summed E-state index contributed by atoms with van der Waals surface area (Å²) >= 11 is 4.41. The SMILES string of the molecule is Cn1c(N)nnc1SCC(=O)NC(=O)c1ccccc1Br. The molecule has 2 amide bonds. The number of nitrogens with zero attached hydrogens (tertiary/aromatic N) is 3. The lowest BCUT2D eigenvalue weighted by atomic mass is 10.2. The van der Waals surface area contributed by atoms with Crippen LogP contribution in [0.4, 0.5) is 5.95 Å². The van der Waals surface area contributed by atoms with Crippen molar-refractivity contribution in [2.24, 2.45) is 7.05 Å². The normalized spacial score (nSPS) is 10.4. The van der Waals surface area contributed by atoms with Crippen molar-refractivity contribution in [2.45, 2.75) is 5.16 Å². The first-order valence-corrected chi connectivity index (χ1v) is 7.63. The quantitative estimate of drug-likeness (QED) is 0.785. The van der Waals surface area contributed by atoms with Crippen molar-refractivity contribution < 1.29 is 9.59 Å². The Balaban J connectivity index is 1.92. The van der Waals surface area contributed by atoms with Crippen molar-refractivity contribution in [2.75, 3.05) is 11.5 Å². The molecule has 9 heteroatoms. The molecule has 0 unspecified atom stereocenters. The number of carbonyl (C=O) groups is 2. The molecule has 110 valence electrons. The van der Waals surface area contributed by atoms with Crippen molar-refractivity contribution in [3.63, 3.8) is 0 Å². The van der Waals surface area contributed by atoms with E-state index in [1.54, 1.807) is 35.9 Å². The molecular formula is C12H12BrN5O2S. The second-order valence-electron chi connectivity index (χ2n) is 4.05. The fourth-order valence-corrected chi connectivity index (χ4v) is 2.64. The Bertz CT molecular complexity index is 688. The molecule has 0 saturated carbocycles. The van der Waals surface area contributed by atoms with E-state index in [1.165, 1.54) is 0 Å². The number of nitrogen functional groups attached to an aromatic ring is 1. The minimum Gasteiger partial charge on any atom is -0.368 e. The molecule has 2 aromatic rings. The maximum Gasteiger partial charge on any atom is 0.259 e. The molecule has 0 radical (unpaired) electrons. The van der Waals surface area contributed by atoms with Crippen LogP contribution in [0.25, 0.3) is 0 Å². The van der Waals surface area contributed by atoms with Gasteiger partial charge in [0.15, 0.2) is 5.16 Å². The van der Waals surface area contributed by atoms with Crippen LogP contribution in [0, 0.1) is 0 Å². The zero-order chi connectivity index (χ0) is 15.4. The van der Waals surface area contributed by atoms with E-state index >= 15 is 0 Å². The van der Waals surface area contributed by atoms with Crippen molar-refractivity contribution in [3.05, 3.63) is 34.3 Å². The van der Waals surface area contributed by atoms with Crippen LogP contribution in [0.5, 0.6) is 0 Å². The number of anilines is 1. The Morgan fingerprint density at radius 2 is 2.10 bits per heavy atom. The fourth-order valence-electron chi connectivity index (χ4n) is 1.46. The number of imide groups is 1. The first kappa shape index (κ1) is 15.5. The van der Waals surface area contributed by atoms with Gasteiger partial charge >= 0.3 is 0 Å². The van der Waals surface area contributed by atoms with Crippen molar-refractivity contribution in [1.82, 2.24) is 20.1 Å². The number of thioether (sulfide) groups is 1. The third-order valence-electron chi connectivity index (χ3n) is 2.57. The average molecular weight is 370 g/mol. The number of benzene rings is 1. The first-order chi connectivity index (χ1) is 9.99. The van der Waals surface area contributed by atoms with E-state index in [-0.39, 0.29) is 11.7 Å². The van der Waals surface area contributed by atoms with Gasteiger partial charge in [0.25, 0.3) is 5.91 Å². The Labute approximate surface area is 133 Å². The molecule has 2 rings (SSSR count). The molecule has 21 heavy (non-hydrogen) atoms. The Kier molecular flexibility index (Phi) is 4.97. The molecule has 0 bridgehead atoms. The molecule has 0 aliphatic carbocycles. The van der Waals surface area contributed by atoms with E-state index in [9.17, 15) is 9.59 Å². The molecular weight excluding hydrogens is 358 g/mol. The third kappa shape index (κ3) is 3.82. The van der Waals surface area contributed by atoms with Gasteiger partial charge in [-0.15, -0.1) is 10.2 Å². The molecule has 0 atom stereocenters. The summed E-state index contributed by atoms with van der Waals surface area (Å²) in [5.41, 5.74) is 5.94. The highest BCUT2D eigenvalue weighted by atomic mass is 79.9. The van der Waals surface area contributed by atoms with E-state index in [2.05, 4.69) is 31.4 Å². The van der Waals surface area contributed by atoms with Crippen LogP contribution in [-0.2, 0) is 11.8 Å². The molecule has 0 aliphatic heterocycles. The Hall–Kier alpha value is -1.87. The van der Waals surface area contributed by atoms with Crippen LogP contribution in [0.15, 0.2) is 33.9 Å². The number of carbonyl (C=O) groups excluding carboxylic acids is 2. The number of halogens is 1. The molecule has 1 aromatic heterocycles. The van der Waals surface area contributed by atoms with Gasteiger partial charge in [0.1, 0.15) is 0 Å². The molecule has 0 aliphatic rings. The molecule has 1 heterocycles. The number of aromatic nitrogens is 3. The number of amides is 2. The van der Waals surface area contributed by atoms with E-state index in [0.29, 0.717) is 15.2 Å². The topological polar surface area (TPSA) is 103 Å². The maximum atomic E-state index is 11.9. The van der Waals surface area contributed by atoms with Crippen LogP contribution in [0.3, 0.4) is 0 Å². The second-order valence-corrected chi connectivity index (χ2v) is 5.84. The van der Waals surface area contributed by atoms with E-state index in [0.717, 1.165) is 11.8 Å². The number of nitrogens with two attached hydrogens (primary N) is 1. The first-order valence-electron chi connectivity index (χ1n) is 5.85. The Morgan fingerprint density at radius 1 is 1.38 bits per heavy atom. The lowest BCUT2D eigenvalue weighted by molar-refractivity contribution is -0.117. The van der Waals surface area contributed by atoms with E-state index in [4.69, 9.17) is 5.73 Å². The number of rotatable bonds is 4. The van der Waals surface area contributed by atoms with Crippen LogP contribution < -0.4 is 11.1 Å². The average Bonchev–Trinajstić information content (AvgIpc) is 2.77. The number of hydrogen-bond acceptors (Lipinski definition) is 6. The molecule has 0 fully saturated rings. The van der Waals surface area contributed by atoms with Crippen LogP contribution in [0.1, 0.15) is 10.4 Å². The zero-order valence-electron chi connectivity index (χ0n) is 11.0. The smallest absolute Gasteiger partial charge is 0.259 e. The molecule has 7 nitrogen and oxygen atoms in total. The fraction of sp³-hybridized carbons (Fsp3) is 0.167. The summed E-state index contributed by atoms with van der Waals surface area (Å²) in [7, 11) is 1.70. The minimum atomic E-state index is -0.453. The van der Waals surface area contributed by atoms with Gasteiger partial charge in [0.2, 0.25) is 11.9 Å². The van der Waals surface area contributed by atoms with E-state index in [1.807, 2.05) is 0 Å². The maximum absolute atomic E-state index is 11.9. The highest BCUT2D eigenvalue weighted by Gasteiger charge is 2.14. The lowest BCUT2D eigenvalue weighted by Gasteiger charge is -2.05. The van der Waals surface area contributed by atoms with Crippen LogP contribution >= 0.6 is 27.7 Å². The monoisotopic (exact) mass is 369 g/mol. The van der Waals surface area contributed by atoms with E-state index < -0.39 is 11.8 Å². The standard InChI is InChI=1S/C12H12BrN5O2S/c1-18-11(14)16-17-12(18)21-6-9(19)15-10(20)7-4-2-3-5-8(7)13/h2-5H,6H2,1H3,(H2,14,16)(H,15,19,20). The summed E-state index contributed by atoms with van der Waals surface area (Å²) < 4.78 is 2.19. The summed E-state index contributed by atoms with van der Waals surface area (Å²) in [5.74, 6) is -0.558. The lowest BCUT2D eigenvalue weighted by Crippen LogP contribution is -2.32. The van der Waals surface area contributed by atoms with Gasteiger partial charge in [-0.1, -0.05) is 23.9 Å². The summed E-state index contributed by atoms with van der Waals surface area (Å²) in [6, 6.07) is 6.87. The predicted molar refractivity (Wildman–Crippen MR) is 82.8 cm³/mol. The third-order valence-corrected chi connectivity index (χ3v) is 4.28. The van der Waals surface area contributed by atoms with Gasteiger partial charge < -0.3 is 5.73 Å². The second kappa shape index (κ2) is 6.72. The molecule has 1 aromatic carbocycles. The molecule has 0 spiro atoms. The number of hydrogen-bond donors (Lipinski definition) is 2. The Morgan fingerprint density at radius 3 is 2.71 bits per heavy atom. The zero-order valence-corrected chi connectivity index (χ0v) is 13.4. The van der Waals surface area contributed by atoms with Gasteiger partial charge in [-0.05, 0) is 28.1 Å². The van der Waals surface area contributed by atoms with Gasteiger partial charge in [0, 0.05) is 11.5 Å². The van der Waals surface area contributed by atoms with Crippen LogP contribution in [-0.4, -0.2) is 32.3 Å².